The molecule has 0 aromatic heterocycles. The smallest absolute Gasteiger partial charge is 0.416 e. The maximum absolute atomic E-state index is 13.0. The van der Waals surface area contributed by atoms with Crippen LogP contribution in [0.3, 0.4) is 0 Å². The van der Waals surface area contributed by atoms with Crippen LogP contribution in [0.15, 0.2) is 66.2 Å². The summed E-state index contributed by atoms with van der Waals surface area (Å²) in [7, 11) is 0. The van der Waals surface area contributed by atoms with Gasteiger partial charge in [0.05, 0.1) is 5.56 Å². The van der Waals surface area contributed by atoms with E-state index in [2.05, 4.69) is 10.6 Å². The fourth-order valence-corrected chi connectivity index (χ4v) is 3.38. The number of rotatable bonds is 7. The third-order valence-corrected chi connectivity index (χ3v) is 5.47. The molecule has 190 valence electrons. The van der Waals surface area contributed by atoms with Gasteiger partial charge in [0.1, 0.15) is 17.4 Å². The van der Waals surface area contributed by atoms with Crippen LogP contribution in [0.2, 0.25) is 5.02 Å². The number of hydrogen-bond acceptors (Lipinski definition) is 4. The van der Waals surface area contributed by atoms with Gasteiger partial charge in [0.15, 0.2) is 6.61 Å². The summed E-state index contributed by atoms with van der Waals surface area (Å²) in [6.07, 6.45) is -3.42. The molecule has 0 saturated carbocycles. The van der Waals surface area contributed by atoms with Crippen LogP contribution >= 0.6 is 11.6 Å². The Labute approximate surface area is 216 Å². The molecule has 0 aliphatic rings. The van der Waals surface area contributed by atoms with E-state index in [0.29, 0.717) is 5.69 Å². The molecule has 0 aliphatic carbocycles. The zero-order valence-electron chi connectivity index (χ0n) is 19.7. The normalized spacial score (nSPS) is 11.4. The van der Waals surface area contributed by atoms with E-state index < -0.39 is 29.1 Å². The molecule has 0 saturated heterocycles. The fraction of sp³-hybridized carbons (Fsp3) is 0.148. The van der Waals surface area contributed by atoms with Gasteiger partial charge in [-0.25, -0.2) is 0 Å². The minimum absolute atomic E-state index is 0.133. The topological polar surface area (TPSA) is 91.2 Å². The highest BCUT2D eigenvalue weighted by molar-refractivity contribution is 6.30. The first-order chi connectivity index (χ1) is 17.5. The number of benzene rings is 3. The van der Waals surface area contributed by atoms with Crippen molar-refractivity contribution in [1.82, 2.24) is 0 Å². The maximum Gasteiger partial charge on any atom is 0.416 e. The minimum Gasteiger partial charge on any atom is -0.483 e. The van der Waals surface area contributed by atoms with E-state index >= 15 is 0 Å². The second kappa shape index (κ2) is 11.6. The molecular formula is C27H21ClF3N3O3. The Morgan fingerprint density at radius 3 is 2.41 bits per heavy atom. The molecule has 3 rings (SSSR count). The van der Waals surface area contributed by atoms with Crippen LogP contribution in [0.4, 0.5) is 24.5 Å². The third-order valence-electron chi connectivity index (χ3n) is 5.23. The van der Waals surface area contributed by atoms with Crippen LogP contribution in [-0.4, -0.2) is 18.4 Å². The van der Waals surface area contributed by atoms with Gasteiger partial charge in [0.25, 0.3) is 11.8 Å². The van der Waals surface area contributed by atoms with Crippen LogP contribution in [0, 0.1) is 25.2 Å². The van der Waals surface area contributed by atoms with E-state index in [1.54, 1.807) is 12.1 Å². The second-order valence-corrected chi connectivity index (χ2v) is 8.46. The Morgan fingerprint density at radius 2 is 1.73 bits per heavy atom. The first kappa shape index (κ1) is 27.3. The van der Waals surface area contributed by atoms with E-state index in [0.717, 1.165) is 29.3 Å². The SMILES string of the molecule is Cc1ccc(NC(=O)COc2ccc(Cl)cc2/C=C(\C#N)C(=O)Nc2cccc(C(F)(F)F)c2)cc1C. The first-order valence-electron chi connectivity index (χ1n) is 10.9. The van der Waals surface area contributed by atoms with Crippen LogP contribution in [-0.2, 0) is 15.8 Å². The van der Waals surface area contributed by atoms with Crippen molar-refractivity contribution >= 4 is 40.9 Å². The van der Waals surface area contributed by atoms with Crippen molar-refractivity contribution in [3.05, 3.63) is 93.5 Å². The Bertz CT molecular complexity index is 1410. The van der Waals surface area contributed by atoms with Gasteiger partial charge < -0.3 is 15.4 Å². The predicted molar refractivity (Wildman–Crippen MR) is 135 cm³/mol. The molecule has 0 atom stereocenters. The number of carbonyl (C=O) groups excluding carboxylic acids is 2. The summed E-state index contributed by atoms with van der Waals surface area (Å²) >= 11 is 6.06. The summed E-state index contributed by atoms with van der Waals surface area (Å²) in [6.45, 7) is 3.51. The van der Waals surface area contributed by atoms with Crippen molar-refractivity contribution in [2.75, 3.05) is 17.2 Å². The van der Waals surface area contributed by atoms with Crippen LogP contribution in [0.5, 0.6) is 5.75 Å². The Balaban J connectivity index is 1.76. The highest BCUT2D eigenvalue weighted by Gasteiger charge is 2.30. The van der Waals surface area contributed by atoms with Gasteiger partial charge in [0.2, 0.25) is 0 Å². The molecular weight excluding hydrogens is 507 g/mol. The zero-order chi connectivity index (χ0) is 27.2. The summed E-state index contributed by atoms with van der Waals surface area (Å²) in [4.78, 5) is 25.0. The van der Waals surface area contributed by atoms with Crippen LogP contribution < -0.4 is 15.4 Å². The molecule has 0 radical (unpaired) electrons. The minimum atomic E-state index is -4.59. The van der Waals surface area contributed by atoms with Gasteiger partial charge in [-0.15, -0.1) is 0 Å². The number of alkyl halides is 3. The summed E-state index contributed by atoms with van der Waals surface area (Å²) < 4.78 is 44.5. The Kier molecular flexibility index (Phi) is 8.58. The summed E-state index contributed by atoms with van der Waals surface area (Å²) in [5.74, 6) is -1.20. The molecule has 0 heterocycles. The van der Waals surface area contributed by atoms with Gasteiger partial charge in [-0.05, 0) is 79.6 Å². The van der Waals surface area contributed by atoms with E-state index in [-0.39, 0.29) is 28.6 Å². The van der Waals surface area contributed by atoms with Crippen molar-refractivity contribution in [2.45, 2.75) is 20.0 Å². The number of anilines is 2. The molecule has 2 amide bonds. The van der Waals surface area contributed by atoms with Gasteiger partial charge in [-0.3, -0.25) is 9.59 Å². The molecule has 0 bridgehead atoms. The lowest BCUT2D eigenvalue weighted by molar-refractivity contribution is -0.137. The monoisotopic (exact) mass is 527 g/mol. The van der Waals surface area contributed by atoms with Crippen molar-refractivity contribution in [3.63, 3.8) is 0 Å². The number of halogens is 4. The van der Waals surface area contributed by atoms with Gasteiger partial charge >= 0.3 is 6.18 Å². The summed E-state index contributed by atoms with van der Waals surface area (Å²) in [5.41, 5.74) is 1.43. The molecule has 0 unspecified atom stereocenters. The number of carbonyl (C=O) groups is 2. The number of nitriles is 1. The number of ether oxygens (including phenoxy) is 1. The Morgan fingerprint density at radius 1 is 1.00 bits per heavy atom. The van der Waals surface area contributed by atoms with E-state index in [1.165, 1.54) is 30.3 Å². The highest BCUT2D eigenvalue weighted by atomic mass is 35.5. The van der Waals surface area contributed by atoms with E-state index in [1.807, 2.05) is 26.0 Å². The van der Waals surface area contributed by atoms with E-state index in [4.69, 9.17) is 16.3 Å². The number of nitrogens with zero attached hydrogens (tertiary/aromatic N) is 1. The number of nitrogens with one attached hydrogen (secondary N) is 2. The summed E-state index contributed by atoms with van der Waals surface area (Å²) in [5, 5.41) is 14.8. The molecule has 3 aromatic carbocycles. The first-order valence-corrected chi connectivity index (χ1v) is 11.2. The van der Waals surface area contributed by atoms with Gasteiger partial charge in [0, 0.05) is 22.0 Å². The van der Waals surface area contributed by atoms with Gasteiger partial charge in [-0.1, -0.05) is 23.7 Å². The summed E-state index contributed by atoms with van der Waals surface area (Å²) in [6, 6.07) is 15.6. The standard InChI is InChI=1S/C27H21ClF3N3O3/c1-16-6-8-23(10-17(16)2)33-25(35)15-37-24-9-7-21(28)12-18(24)11-19(14-32)26(36)34-22-5-3-4-20(13-22)27(29,30)31/h3-13H,15H2,1-2H3,(H,33,35)(H,34,36)/b19-11+. The van der Waals surface area contributed by atoms with Crippen molar-refractivity contribution < 1.29 is 27.5 Å². The molecule has 6 nitrogen and oxygen atoms in total. The molecule has 10 heteroatoms. The molecule has 3 aromatic rings. The lowest BCUT2D eigenvalue weighted by Crippen LogP contribution is -2.20. The average Bonchev–Trinajstić information content (AvgIpc) is 2.83. The number of amides is 2. The van der Waals surface area contributed by atoms with Crippen LogP contribution in [0.1, 0.15) is 22.3 Å². The number of hydrogen-bond donors (Lipinski definition) is 2. The maximum atomic E-state index is 13.0. The highest BCUT2D eigenvalue weighted by Crippen LogP contribution is 2.31. The lowest BCUT2D eigenvalue weighted by atomic mass is 10.1. The largest absolute Gasteiger partial charge is 0.483 e. The van der Waals surface area contributed by atoms with Gasteiger partial charge in [-0.2, -0.15) is 18.4 Å². The van der Waals surface area contributed by atoms with Crippen molar-refractivity contribution in [3.8, 4) is 11.8 Å². The fourth-order valence-electron chi connectivity index (χ4n) is 3.20. The Hall–Kier alpha value is -4.29. The molecule has 0 spiro atoms. The van der Waals surface area contributed by atoms with Crippen LogP contribution in [0.25, 0.3) is 6.08 Å². The van der Waals surface area contributed by atoms with Crippen molar-refractivity contribution in [1.29, 1.82) is 5.26 Å². The lowest BCUT2D eigenvalue weighted by Gasteiger charge is -2.12. The average molecular weight is 528 g/mol. The molecule has 37 heavy (non-hydrogen) atoms. The van der Waals surface area contributed by atoms with Crippen molar-refractivity contribution in [2.24, 2.45) is 0 Å². The van der Waals surface area contributed by atoms with E-state index in [9.17, 15) is 28.0 Å². The second-order valence-electron chi connectivity index (χ2n) is 8.02. The predicted octanol–water partition coefficient (Wildman–Crippen LogP) is 6.54. The third kappa shape index (κ3) is 7.59. The molecule has 2 N–H and O–H groups in total. The number of aryl methyl sites for hydroxylation is 2. The molecule has 0 aliphatic heterocycles. The molecule has 0 fully saturated rings. The quantitative estimate of drug-likeness (QED) is 0.269. The zero-order valence-corrected chi connectivity index (χ0v) is 20.5.